The molecule has 3 aromatic carbocycles. The van der Waals surface area contributed by atoms with E-state index in [2.05, 4.69) is 10.6 Å². The highest BCUT2D eigenvalue weighted by atomic mass is 35.5. The van der Waals surface area contributed by atoms with E-state index in [4.69, 9.17) is 32.7 Å². The van der Waals surface area contributed by atoms with Crippen LogP contribution < -0.4 is 20.1 Å². The van der Waals surface area contributed by atoms with Gasteiger partial charge in [-0.3, -0.25) is 0 Å². The van der Waals surface area contributed by atoms with Crippen molar-refractivity contribution in [3.05, 3.63) is 82.8 Å². The summed E-state index contributed by atoms with van der Waals surface area (Å²) >= 11 is 11.7. The van der Waals surface area contributed by atoms with Crippen molar-refractivity contribution < 1.29 is 19.7 Å². The maximum absolute atomic E-state index is 10.1. The minimum absolute atomic E-state index is 0.149. The highest BCUT2D eigenvalue weighted by Crippen LogP contribution is 2.19. The number of nitrogens with one attached hydrogen (secondary N) is 2. The van der Waals surface area contributed by atoms with Gasteiger partial charge in [0.05, 0.1) is 0 Å². The summed E-state index contributed by atoms with van der Waals surface area (Å²) < 4.78 is 11.2. The molecule has 0 saturated carbocycles. The third-order valence-corrected chi connectivity index (χ3v) is 4.98. The van der Waals surface area contributed by atoms with Crippen molar-refractivity contribution in [2.45, 2.75) is 12.2 Å². The van der Waals surface area contributed by atoms with E-state index >= 15 is 0 Å². The Hall–Kier alpha value is -2.64. The molecule has 0 aliphatic rings. The van der Waals surface area contributed by atoms with Crippen LogP contribution in [0.5, 0.6) is 11.5 Å². The summed E-state index contributed by atoms with van der Waals surface area (Å²) in [5.74, 6) is 1.24. The lowest BCUT2D eigenvalue weighted by Gasteiger charge is -2.15. The van der Waals surface area contributed by atoms with Crippen LogP contribution in [0, 0.1) is 0 Å². The number of halogens is 2. The molecule has 0 fully saturated rings. The number of aliphatic hydroxyl groups excluding tert-OH is 2. The number of ether oxygens (including phenoxy) is 2. The van der Waals surface area contributed by atoms with Crippen LogP contribution in [0.1, 0.15) is 0 Å². The summed E-state index contributed by atoms with van der Waals surface area (Å²) in [6.45, 7) is 1.00. The zero-order valence-electron chi connectivity index (χ0n) is 17.4. The van der Waals surface area contributed by atoms with Crippen LogP contribution in [0.25, 0.3) is 0 Å². The van der Waals surface area contributed by atoms with Gasteiger partial charge in [-0.15, -0.1) is 0 Å². The number of aliphatic hydroxyl groups is 2. The van der Waals surface area contributed by atoms with Gasteiger partial charge in [0.1, 0.15) is 36.9 Å². The zero-order chi connectivity index (χ0) is 22.8. The van der Waals surface area contributed by atoms with Gasteiger partial charge < -0.3 is 30.3 Å². The fourth-order valence-corrected chi connectivity index (χ4v) is 2.99. The molecule has 0 aromatic heterocycles. The minimum Gasteiger partial charge on any atom is -0.491 e. The lowest BCUT2D eigenvalue weighted by atomic mass is 10.3. The molecule has 3 aromatic rings. The molecule has 0 aliphatic heterocycles. The first-order valence-corrected chi connectivity index (χ1v) is 10.9. The average molecular weight is 477 g/mol. The summed E-state index contributed by atoms with van der Waals surface area (Å²) in [4.78, 5) is 0. The first kappa shape index (κ1) is 24.0. The SMILES string of the molecule is O[C@H](CNc1ccc(Cl)cc1)COc1ccc(OC[C@H](O)CNc2ccc(Cl)cc2)cc1. The molecule has 0 aliphatic carbocycles. The first-order valence-electron chi connectivity index (χ1n) is 10.2. The lowest BCUT2D eigenvalue weighted by molar-refractivity contribution is 0.115. The van der Waals surface area contributed by atoms with Gasteiger partial charge in [0.2, 0.25) is 0 Å². The molecule has 32 heavy (non-hydrogen) atoms. The highest BCUT2D eigenvalue weighted by molar-refractivity contribution is 6.30. The second-order valence-corrected chi connectivity index (χ2v) is 8.05. The van der Waals surface area contributed by atoms with Gasteiger partial charge in [0, 0.05) is 34.5 Å². The molecule has 2 atom stereocenters. The molecule has 6 nitrogen and oxygen atoms in total. The monoisotopic (exact) mass is 476 g/mol. The van der Waals surface area contributed by atoms with E-state index in [1.54, 1.807) is 48.5 Å². The fraction of sp³-hybridized carbons (Fsp3) is 0.250. The van der Waals surface area contributed by atoms with Gasteiger partial charge in [-0.05, 0) is 72.8 Å². The summed E-state index contributed by atoms with van der Waals surface area (Å²) in [5.41, 5.74) is 1.75. The van der Waals surface area contributed by atoms with Crippen LogP contribution in [0.4, 0.5) is 11.4 Å². The maximum atomic E-state index is 10.1. The van der Waals surface area contributed by atoms with Crippen LogP contribution in [0.3, 0.4) is 0 Å². The Bertz CT molecular complexity index is 859. The number of rotatable bonds is 12. The molecule has 3 rings (SSSR count). The largest absolute Gasteiger partial charge is 0.491 e. The second kappa shape index (κ2) is 12.4. The summed E-state index contributed by atoms with van der Waals surface area (Å²) in [6.07, 6.45) is -1.35. The molecular formula is C24H26Cl2N2O4. The molecule has 8 heteroatoms. The Morgan fingerprint density at radius 2 is 0.938 bits per heavy atom. The number of anilines is 2. The van der Waals surface area contributed by atoms with Crippen LogP contribution >= 0.6 is 23.2 Å². The van der Waals surface area contributed by atoms with Crippen molar-refractivity contribution in [3.63, 3.8) is 0 Å². The number of hydrogen-bond acceptors (Lipinski definition) is 6. The molecule has 0 unspecified atom stereocenters. The van der Waals surface area contributed by atoms with Crippen molar-refractivity contribution in [3.8, 4) is 11.5 Å². The Labute approximate surface area is 197 Å². The minimum atomic E-state index is -0.676. The van der Waals surface area contributed by atoms with Crippen molar-refractivity contribution >= 4 is 34.6 Å². The van der Waals surface area contributed by atoms with Gasteiger partial charge in [-0.25, -0.2) is 0 Å². The van der Waals surface area contributed by atoms with Crippen LogP contribution in [0.15, 0.2) is 72.8 Å². The smallest absolute Gasteiger partial charge is 0.119 e. The van der Waals surface area contributed by atoms with E-state index in [9.17, 15) is 10.2 Å². The average Bonchev–Trinajstić information content (AvgIpc) is 2.81. The van der Waals surface area contributed by atoms with Gasteiger partial charge in [-0.2, -0.15) is 0 Å². The van der Waals surface area contributed by atoms with Gasteiger partial charge >= 0.3 is 0 Å². The van der Waals surface area contributed by atoms with E-state index in [0.717, 1.165) is 11.4 Å². The van der Waals surface area contributed by atoms with Gasteiger partial charge in [0.15, 0.2) is 0 Å². The first-order chi connectivity index (χ1) is 15.5. The predicted molar refractivity (Wildman–Crippen MR) is 129 cm³/mol. The van der Waals surface area contributed by atoms with E-state index in [-0.39, 0.29) is 13.2 Å². The van der Waals surface area contributed by atoms with Crippen molar-refractivity contribution in [2.75, 3.05) is 36.9 Å². The van der Waals surface area contributed by atoms with Crippen LogP contribution in [-0.4, -0.2) is 48.7 Å². The van der Waals surface area contributed by atoms with E-state index < -0.39 is 12.2 Å². The Morgan fingerprint density at radius 3 is 1.28 bits per heavy atom. The van der Waals surface area contributed by atoms with Gasteiger partial charge in [0.25, 0.3) is 0 Å². The van der Waals surface area contributed by atoms with Crippen molar-refractivity contribution in [1.82, 2.24) is 0 Å². The fourth-order valence-electron chi connectivity index (χ4n) is 2.74. The highest BCUT2D eigenvalue weighted by Gasteiger charge is 2.08. The normalized spacial score (nSPS) is 12.6. The molecule has 0 radical (unpaired) electrons. The molecular weight excluding hydrogens is 451 g/mol. The van der Waals surface area contributed by atoms with E-state index in [1.807, 2.05) is 24.3 Å². The number of hydrogen-bond donors (Lipinski definition) is 4. The van der Waals surface area contributed by atoms with E-state index in [1.165, 1.54) is 0 Å². The lowest BCUT2D eigenvalue weighted by Crippen LogP contribution is -2.26. The Balaban J connectivity index is 1.33. The Morgan fingerprint density at radius 1 is 0.594 bits per heavy atom. The second-order valence-electron chi connectivity index (χ2n) is 7.18. The van der Waals surface area contributed by atoms with Crippen molar-refractivity contribution in [1.29, 1.82) is 0 Å². The number of benzene rings is 3. The van der Waals surface area contributed by atoms with E-state index in [0.29, 0.717) is 34.6 Å². The summed E-state index contributed by atoms with van der Waals surface area (Å²) in [6, 6.07) is 21.5. The van der Waals surface area contributed by atoms with Crippen LogP contribution in [-0.2, 0) is 0 Å². The third-order valence-electron chi connectivity index (χ3n) is 4.48. The van der Waals surface area contributed by atoms with Crippen LogP contribution in [0.2, 0.25) is 10.0 Å². The van der Waals surface area contributed by atoms with Gasteiger partial charge in [-0.1, -0.05) is 23.2 Å². The molecule has 0 saturated heterocycles. The molecule has 0 amide bonds. The molecule has 0 bridgehead atoms. The van der Waals surface area contributed by atoms with Crippen molar-refractivity contribution in [2.24, 2.45) is 0 Å². The molecule has 170 valence electrons. The zero-order valence-corrected chi connectivity index (χ0v) is 18.9. The maximum Gasteiger partial charge on any atom is 0.119 e. The third kappa shape index (κ3) is 8.48. The standard InChI is InChI=1S/C24H26Cl2N2O4/c25-17-1-5-19(6-2-17)27-13-21(29)15-31-23-9-11-24(12-10-23)32-16-22(30)14-28-20-7-3-18(26)4-8-20/h1-12,21-22,27-30H,13-16H2/t21-,22-/m1/s1. The quantitative estimate of drug-likeness (QED) is 0.303. The summed E-state index contributed by atoms with van der Waals surface area (Å²) in [5, 5.41) is 27.8. The molecule has 4 N–H and O–H groups in total. The molecule has 0 spiro atoms. The predicted octanol–water partition coefficient (Wildman–Crippen LogP) is 4.70. The topological polar surface area (TPSA) is 83.0 Å². The Kier molecular flexibility index (Phi) is 9.31. The molecule has 0 heterocycles. The summed E-state index contributed by atoms with van der Waals surface area (Å²) in [7, 11) is 0.